The molecule has 1 aromatic carbocycles. The van der Waals surface area contributed by atoms with Gasteiger partial charge in [-0.15, -0.1) is 11.8 Å². The zero-order valence-corrected chi connectivity index (χ0v) is 24.1. The molecule has 0 aliphatic carbocycles. The van der Waals surface area contributed by atoms with E-state index in [2.05, 4.69) is 44.0 Å². The fourth-order valence-electron chi connectivity index (χ4n) is 3.23. The third kappa shape index (κ3) is 6.45. The quantitative estimate of drug-likeness (QED) is 0.260. The molecule has 1 heterocycles. The molecule has 0 radical (unpaired) electrons. The van der Waals surface area contributed by atoms with Gasteiger partial charge in [0, 0.05) is 22.9 Å². The van der Waals surface area contributed by atoms with E-state index in [1.165, 1.54) is 32.9 Å². The van der Waals surface area contributed by atoms with Gasteiger partial charge in [-0.05, 0) is 38.9 Å². The fraction of sp³-hybridized carbons (Fsp3) is 0.583. The Balaban J connectivity index is 2.59. The van der Waals surface area contributed by atoms with Crippen molar-refractivity contribution in [3.8, 4) is 11.5 Å². The van der Waals surface area contributed by atoms with Crippen LogP contribution in [0.25, 0.3) is 0 Å². The molecule has 0 saturated heterocycles. The third-order valence-corrected chi connectivity index (χ3v) is 11.8. The first-order valence-electron chi connectivity index (χ1n) is 11.3. The van der Waals surface area contributed by atoms with Gasteiger partial charge in [0.1, 0.15) is 23.2 Å². The molecule has 35 heavy (non-hydrogen) atoms. The molecule has 1 aromatic heterocycles. The zero-order chi connectivity index (χ0) is 26.7. The smallest absolute Gasteiger partial charge is 0.338 e. The first kappa shape index (κ1) is 28.9. The van der Waals surface area contributed by atoms with Gasteiger partial charge in [0.05, 0.1) is 25.2 Å². The van der Waals surface area contributed by atoms with Gasteiger partial charge < -0.3 is 24.2 Å². The number of nitrogens with zero attached hydrogens (tertiary/aromatic N) is 2. The lowest BCUT2D eigenvalue weighted by Crippen LogP contribution is -2.44. The maximum atomic E-state index is 12.9. The van der Waals surface area contributed by atoms with Gasteiger partial charge in [0.15, 0.2) is 5.82 Å². The number of aromatic nitrogens is 2. The van der Waals surface area contributed by atoms with Crippen LogP contribution in [-0.4, -0.2) is 50.2 Å². The molecule has 2 rings (SSSR count). The average Bonchev–Trinajstić information content (AvgIpc) is 3.18. The Morgan fingerprint density at radius 2 is 1.83 bits per heavy atom. The van der Waals surface area contributed by atoms with Gasteiger partial charge in [-0.25, -0.2) is 4.79 Å². The Labute approximate surface area is 212 Å². The summed E-state index contributed by atoms with van der Waals surface area (Å²) in [5.41, 5.74) is 8.09. The van der Waals surface area contributed by atoms with E-state index >= 15 is 0 Å². The number of hydrogen-bond acceptors (Lipinski definition) is 10. The molecule has 0 amide bonds. The molecule has 0 bridgehead atoms. The van der Waals surface area contributed by atoms with E-state index in [-0.39, 0.29) is 22.5 Å². The molecule has 0 fully saturated rings. The lowest BCUT2D eigenvalue weighted by Gasteiger charge is -2.38. The minimum Gasteiger partial charge on any atom is -0.543 e. The number of nitrogens with two attached hydrogens (primary N) is 1. The summed E-state index contributed by atoms with van der Waals surface area (Å²) >= 11 is 1.30. The monoisotopic (exact) mass is 523 g/mol. The number of hydrogen-bond donors (Lipinski definition) is 1. The van der Waals surface area contributed by atoms with Crippen LogP contribution in [-0.2, 0) is 9.53 Å². The van der Waals surface area contributed by atoms with Crippen LogP contribution in [0.3, 0.4) is 0 Å². The summed E-state index contributed by atoms with van der Waals surface area (Å²) in [7, 11) is 0.544. The highest BCUT2D eigenvalue weighted by Gasteiger charge is 2.41. The van der Waals surface area contributed by atoms with E-state index in [9.17, 15) is 9.59 Å². The molecular weight excluding hydrogens is 486 g/mol. The second-order valence-electron chi connectivity index (χ2n) is 9.94. The minimum absolute atomic E-state index is 0.0966. The highest BCUT2D eigenvalue weighted by molar-refractivity contribution is 7.99. The van der Waals surface area contributed by atoms with E-state index in [4.69, 9.17) is 24.2 Å². The lowest BCUT2D eigenvalue weighted by atomic mass is 9.99. The van der Waals surface area contributed by atoms with E-state index in [1.54, 1.807) is 19.9 Å². The summed E-state index contributed by atoms with van der Waals surface area (Å²) in [6.07, 6.45) is 0. The summed E-state index contributed by atoms with van der Waals surface area (Å²) in [6, 6.07) is 1.78. The number of aryl methyl sites for hydroxylation is 1. The fourth-order valence-corrected chi connectivity index (χ4v) is 5.43. The number of methoxy groups -OCH3 is 2. The second kappa shape index (κ2) is 11.1. The van der Waals surface area contributed by atoms with Crippen molar-refractivity contribution < 1.29 is 28.0 Å². The number of carbonyl (C=O) groups excluding carboxylic acids is 2. The van der Waals surface area contributed by atoms with Crippen LogP contribution in [0, 0.1) is 13.8 Å². The molecule has 1 unspecified atom stereocenters. The van der Waals surface area contributed by atoms with Gasteiger partial charge in [0.25, 0.3) is 0 Å². The topological polar surface area (TPSA) is 127 Å². The van der Waals surface area contributed by atoms with Crippen LogP contribution in [0.15, 0.2) is 10.6 Å². The summed E-state index contributed by atoms with van der Waals surface area (Å²) in [4.78, 5) is 29.5. The minimum atomic E-state index is -2.32. The number of Topliss-reactive ketones (excluding diaryl/α,β-unsaturated/α-hetero) is 1. The molecule has 2 N–H and O–H groups in total. The summed E-state index contributed by atoms with van der Waals surface area (Å²) in [6.45, 7) is 15.6. The number of benzene rings is 1. The molecule has 0 spiro atoms. The SMILES string of the molecule is COC(=O)c1c(C)c(OC)cc(O[Si](C)(C)C(C)(C)C)c1[C@H](N)SCC(C(C)=O)c1nc(C)no1. The molecule has 0 aliphatic heterocycles. The van der Waals surface area contributed by atoms with Gasteiger partial charge in [-0.2, -0.15) is 4.98 Å². The molecule has 9 nitrogen and oxygen atoms in total. The highest BCUT2D eigenvalue weighted by Crippen LogP contribution is 2.45. The Bertz CT molecular complexity index is 1080. The molecule has 2 aromatic rings. The van der Waals surface area contributed by atoms with E-state index in [0.717, 1.165) is 0 Å². The zero-order valence-electron chi connectivity index (χ0n) is 22.3. The first-order chi connectivity index (χ1) is 16.1. The van der Waals surface area contributed by atoms with Crippen LogP contribution in [0.2, 0.25) is 18.1 Å². The van der Waals surface area contributed by atoms with E-state index < -0.39 is 25.6 Å². The van der Waals surface area contributed by atoms with Crippen LogP contribution in [0.5, 0.6) is 11.5 Å². The van der Waals surface area contributed by atoms with Crippen molar-refractivity contribution in [3.05, 3.63) is 34.5 Å². The van der Waals surface area contributed by atoms with Crippen molar-refractivity contribution in [2.24, 2.45) is 5.73 Å². The van der Waals surface area contributed by atoms with Crippen molar-refractivity contribution >= 4 is 31.8 Å². The number of ether oxygens (including phenoxy) is 2. The first-order valence-corrected chi connectivity index (χ1v) is 15.3. The van der Waals surface area contributed by atoms with Crippen LogP contribution >= 0.6 is 11.8 Å². The van der Waals surface area contributed by atoms with Gasteiger partial charge >= 0.3 is 5.97 Å². The maximum absolute atomic E-state index is 12.9. The van der Waals surface area contributed by atoms with Crippen LogP contribution < -0.4 is 14.9 Å². The number of carbonyl (C=O) groups is 2. The van der Waals surface area contributed by atoms with Gasteiger partial charge in [0.2, 0.25) is 14.2 Å². The predicted octanol–water partition coefficient (Wildman–Crippen LogP) is 4.93. The third-order valence-electron chi connectivity index (χ3n) is 6.38. The van der Waals surface area contributed by atoms with E-state index in [1.807, 2.05) is 0 Å². The van der Waals surface area contributed by atoms with Crippen molar-refractivity contribution in [2.45, 2.75) is 71.0 Å². The standard InChI is InChI=1S/C24H37N3O6SSi/c1-13-17(30-7)11-18(33-35(9,10)24(4,5)6)20(19(13)23(29)31-8)21(25)34-12-16(14(2)28)22-26-15(3)27-32-22/h11,16,21H,12,25H2,1-10H3/t16?,21-/m1/s1. The Morgan fingerprint density at radius 1 is 1.20 bits per heavy atom. The van der Waals surface area contributed by atoms with Crippen LogP contribution in [0.4, 0.5) is 0 Å². The number of rotatable bonds is 10. The second-order valence-corrected chi connectivity index (χ2v) is 15.8. The molecular formula is C24H37N3O6SSi. The Morgan fingerprint density at radius 3 is 2.29 bits per heavy atom. The number of ketones is 1. The molecule has 0 aliphatic rings. The summed E-state index contributed by atoms with van der Waals surface area (Å²) in [5, 5.41) is 2.99. The number of thioether (sulfide) groups is 1. The molecule has 2 atom stereocenters. The normalized spacial score (nSPS) is 13.8. The van der Waals surface area contributed by atoms with Crippen molar-refractivity contribution in [3.63, 3.8) is 0 Å². The van der Waals surface area contributed by atoms with Crippen LogP contribution in [0.1, 0.15) is 72.2 Å². The maximum Gasteiger partial charge on any atom is 0.338 e. The summed E-state index contributed by atoms with van der Waals surface area (Å²) in [5.74, 6) is 0.668. The lowest BCUT2D eigenvalue weighted by molar-refractivity contribution is -0.118. The van der Waals surface area contributed by atoms with Crippen molar-refractivity contribution in [2.75, 3.05) is 20.0 Å². The molecule has 11 heteroatoms. The largest absolute Gasteiger partial charge is 0.543 e. The Hall–Kier alpha value is -2.37. The molecule has 194 valence electrons. The number of esters is 1. The van der Waals surface area contributed by atoms with Gasteiger partial charge in [-0.3, -0.25) is 4.79 Å². The van der Waals surface area contributed by atoms with Crippen molar-refractivity contribution in [1.82, 2.24) is 10.1 Å². The highest BCUT2D eigenvalue weighted by atomic mass is 32.2. The summed E-state index contributed by atoms with van der Waals surface area (Å²) < 4.78 is 22.5. The molecule has 0 saturated carbocycles. The predicted molar refractivity (Wildman–Crippen MR) is 139 cm³/mol. The van der Waals surface area contributed by atoms with E-state index in [0.29, 0.717) is 34.0 Å². The average molecular weight is 524 g/mol. The Kier molecular flexibility index (Phi) is 9.18. The van der Waals surface area contributed by atoms with Crippen molar-refractivity contribution in [1.29, 1.82) is 0 Å². The van der Waals surface area contributed by atoms with Gasteiger partial charge in [-0.1, -0.05) is 25.9 Å².